The summed E-state index contributed by atoms with van der Waals surface area (Å²) in [4.78, 5) is 27.1. The number of benzene rings is 2. The number of hydrogen-bond acceptors (Lipinski definition) is 5. The number of alkyl carbamates (subject to hydrolysis) is 1. The molecule has 2 atom stereocenters. The molecule has 0 saturated carbocycles. The summed E-state index contributed by atoms with van der Waals surface area (Å²) in [5.41, 5.74) is 3.20. The number of aliphatic carboxylic acids is 1. The first-order valence-corrected chi connectivity index (χ1v) is 10.6. The number of likely N-dealkylation sites (N-methyl/N-ethyl adjacent to an activating group) is 1. The minimum atomic E-state index is -1.34. The second kappa shape index (κ2) is 7.66. The molecule has 7 heteroatoms. The molecule has 2 aromatic rings. The van der Waals surface area contributed by atoms with Gasteiger partial charge in [0.25, 0.3) is 0 Å². The lowest BCUT2D eigenvalue weighted by Gasteiger charge is -2.50. The lowest BCUT2D eigenvalue weighted by Crippen LogP contribution is -2.68. The van der Waals surface area contributed by atoms with Crippen molar-refractivity contribution in [3.8, 4) is 11.1 Å². The van der Waals surface area contributed by atoms with Gasteiger partial charge in [-0.15, -0.1) is 0 Å². The van der Waals surface area contributed by atoms with E-state index < -0.39 is 17.6 Å². The van der Waals surface area contributed by atoms with Gasteiger partial charge < -0.3 is 19.9 Å². The zero-order valence-electron chi connectivity index (χ0n) is 17.4. The van der Waals surface area contributed by atoms with Crippen LogP contribution in [0, 0.1) is 0 Å². The molecule has 2 N–H and O–H groups in total. The summed E-state index contributed by atoms with van der Waals surface area (Å²) in [6, 6.07) is 16.1. The van der Waals surface area contributed by atoms with Gasteiger partial charge >= 0.3 is 12.1 Å². The molecule has 162 valence electrons. The van der Waals surface area contributed by atoms with Crippen molar-refractivity contribution in [3.63, 3.8) is 0 Å². The number of carbonyl (C=O) groups excluding carboxylic acids is 1. The van der Waals surface area contributed by atoms with Crippen molar-refractivity contribution >= 4 is 12.1 Å². The van der Waals surface area contributed by atoms with Crippen molar-refractivity contribution in [1.82, 2.24) is 10.2 Å². The largest absolute Gasteiger partial charge is 0.480 e. The molecule has 2 fully saturated rings. The van der Waals surface area contributed by atoms with E-state index in [1.807, 2.05) is 31.3 Å². The van der Waals surface area contributed by atoms with Crippen LogP contribution in [-0.2, 0) is 14.3 Å². The summed E-state index contributed by atoms with van der Waals surface area (Å²) in [5.74, 6) is -1.09. The number of carbonyl (C=O) groups is 2. The molecule has 2 heterocycles. The Hall–Kier alpha value is -2.90. The summed E-state index contributed by atoms with van der Waals surface area (Å²) < 4.78 is 11.2. The maximum atomic E-state index is 12.8. The highest BCUT2D eigenvalue weighted by molar-refractivity contribution is 5.85. The summed E-state index contributed by atoms with van der Waals surface area (Å²) in [5, 5.41) is 12.7. The van der Waals surface area contributed by atoms with E-state index in [0.717, 1.165) is 22.3 Å². The van der Waals surface area contributed by atoms with Gasteiger partial charge in [0, 0.05) is 18.0 Å². The Balaban J connectivity index is 1.31. The fourth-order valence-electron chi connectivity index (χ4n) is 5.33. The lowest BCUT2D eigenvalue weighted by atomic mass is 9.78. The fraction of sp³-hybridized carbons (Fsp3) is 0.417. The molecule has 0 spiro atoms. The van der Waals surface area contributed by atoms with Crippen LogP contribution in [0.25, 0.3) is 11.1 Å². The molecular weight excluding hydrogens is 396 g/mol. The van der Waals surface area contributed by atoms with Gasteiger partial charge in [0.2, 0.25) is 0 Å². The number of fused-ring (bicyclic) bond motifs is 5. The molecule has 1 aliphatic carbocycles. The minimum absolute atomic E-state index is 0.0440. The second-order valence-corrected chi connectivity index (χ2v) is 8.76. The van der Waals surface area contributed by atoms with Crippen LogP contribution < -0.4 is 5.32 Å². The Bertz CT molecular complexity index is 963. The van der Waals surface area contributed by atoms with E-state index in [2.05, 4.69) is 34.5 Å². The topological polar surface area (TPSA) is 88.1 Å². The van der Waals surface area contributed by atoms with Crippen molar-refractivity contribution < 1.29 is 24.2 Å². The van der Waals surface area contributed by atoms with Crippen molar-refractivity contribution in [2.75, 3.05) is 26.9 Å². The van der Waals surface area contributed by atoms with Gasteiger partial charge in [-0.05, 0) is 42.1 Å². The van der Waals surface area contributed by atoms with Crippen LogP contribution >= 0.6 is 0 Å². The molecule has 0 aromatic heterocycles. The van der Waals surface area contributed by atoms with Crippen LogP contribution in [0.4, 0.5) is 4.79 Å². The van der Waals surface area contributed by atoms with Gasteiger partial charge in [-0.3, -0.25) is 4.90 Å². The number of rotatable bonds is 4. The summed E-state index contributed by atoms with van der Waals surface area (Å²) in [7, 11) is 1.98. The van der Waals surface area contributed by atoms with Gasteiger partial charge in [-0.1, -0.05) is 48.5 Å². The molecule has 2 bridgehead atoms. The van der Waals surface area contributed by atoms with Crippen LogP contribution in [0.5, 0.6) is 0 Å². The van der Waals surface area contributed by atoms with E-state index >= 15 is 0 Å². The van der Waals surface area contributed by atoms with Gasteiger partial charge in [-0.25, -0.2) is 9.59 Å². The molecule has 2 aromatic carbocycles. The standard InChI is InChI=1S/C24H26N2O5/c1-26-15-10-24(22(27)28,11-16(26)13-30-12-15)25-23(29)31-14-21-19-8-4-2-6-17(19)18-7-3-5-9-20(18)21/h2-9,15-16,21H,10-14H2,1H3,(H,25,29)(H,27,28). The Morgan fingerprint density at radius 2 is 1.61 bits per heavy atom. The van der Waals surface area contributed by atoms with Crippen molar-refractivity contribution in [3.05, 3.63) is 59.7 Å². The fourth-order valence-corrected chi connectivity index (χ4v) is 5.33. The molecule has 2 aliphatic heterocycles. The SMILES string of the molecule is CN1C2COCC1CC(NC(=O)OCC1c3ccccc3-c3ccccc31)(C(=O)O)C2. The van der Waals surface area contributed by atoms with E-state index in [0.29, 0.717) is 26.1 Å². The van der Waals surface area contributed by atoms with E-state index in [1.165, 1.54) is 0 Å². The molecule has 0 radical (unpaired) electrons. The maximum absolute atomic E-state index is 12.8. The van der Waals surface area contributed by atoms with Gasteiger partial charge in [0.15, 0.2) is 0 Å². The van der Waals surface area contributed by atoms with Crippen molar-refractivity contribution in [1.29, 1.82) is 0 Å². The minimum Gasteiger partial charge on any atom is -0.480 e. The third-order valence-electron chi connectivity index (χ3n) is 7.03. The third kappa shape index (κ3) is 3.38. The Morgan fingerprint density at radius 1 is 1.06 bits per heavy atom. The Morgan fingerprint density at radius 3 is 2.16 bits per heavy atom. The normalized spacial score (nSPS) is 27.3. The molecule has 2 unspecified atom stereocenters. The van der Waals surface area contributed by atoms with Crippen LogP contribution in [0.2, 0.25) is 0 Å². The summed E-state index contributed by atoms with van der Waals surface area (Å²) in [6.45, 7) is 1.09. The number of nitrogens with zero attached hydrogens (tertiary/aromatic N) is 1. The number of nitrogens with one attached hydrogen (secondary N) is 1. The molecule has 31 heavy (non-hydrogen) atoms. The van der Waals surface area contributed by atoms with Crippen molar-refractivity contribution in [2.24, 2.45) is 0 Å². The van der Waals surface area contributed by atoms with Crippen LogP contribution in [0.1, 0.15) is 29.9 Å². The average Bonchev–Trinajstić information content (AvgIpc) is 3.07. The number of hydrogen-bond donors (Lipinski definition) is 2. The molecule has 7 nitrogen and oxygen atoms in total. The smallest absolute Gasteiger partial charge is 0.408 e. The van der Waals surface area contributed by atoms with Crippen LogP contribution in [-0.4, -0.2) is 66.6 Å². The van der Waals surface area contributed by atoms with Crippen LogP contribution in [0.3, 0.4) is 0 Å². The first-order chi connectivity index (χ1) is 15.0. The second-order valence-electron chi connectivity index (χ2n) is 8.76. The highest BCUT2D eigenvalue weighted by Crippen LogP contribution is 2.44. The predicted octanol–water partition coefficient (Wildman–Crippen LogP) is 2.84. The highest BCUT2D eigenvalue weighted by Gasteiger charge is 2.51. The van der Waals surface area contributed by atoms with Gasteiger partial charge in [-0.2, -0.15) is 0 Å². The number of piperidine rings is 1. The monoisotopic (exact) mass is 422 g/mol. The quantitative estimate of drug-likeness (QED) is 0.788. The van der Waals surface area contributed by atoms with Crippen molar-refractivity contribution in [2.45, 2.75) is 36.4 Å². The summed E-state index contributed by atoms with van der Waals surface area (Å²) >= 11 is 0. The highest BCUT2D eigenvalue weighted by atomic mass is 16.5. The maximum Gasteiger partial charge on any atom is 0.408 e. The average molecular weight is 422 g/mol. The third-order valence-corrected chi connectivity index (χ3v) is 7.03. The number of ether oxygens (including phenoxy) is 2. The predicted molar refractivity (Wildman–Crippen MR) is 114 cm³/mol. The molecule has 5 rings (SSSR count). The first kappa shape index (κ1) is 20.0. The Labute approximate surface area is 181 Å². The van der Waals surface area contributed by atoms with E-state index in [1.54, 1.807) is 0 Å². The first-order valence-electron chi connectivity index (χ1n) is 10.6. The van der Waals surface area contributed by atoms with Gasteiger partial charge in [0.1, 0.15) is 12.1 Å². The molecule has 1 amide bonds. The van der Waals surface area contributed by atoms with E-state index in [4.69, 9.17) is 9.47 Å². The molecular formula is C24H26N2O5. The number of carboxylic acids is 1. The number of amides is 1. The van der Waals surface area contributed by atoms with E-state index in [-0.39, 0.29) is 24.6 Å². The number of morpholine rings is 1. The zero-order chi connectivity index (χ0) is 21.6. The van der Waals surface area contributed by atoms with E-state index in [9.17, 15) is 14.7 Å². The molecule has 2 saturated heterocycles. The zero-order valence-corrected chi connectivity index (χ0v) is 17.4. The summed E-state index contributed by atoms with van der Waals surface area (Å²) in [6.07, 6.45) is -0.105. The Kier molecular flexibility index (Phi) is 4.95. The van der Waals surface area contributed by atoms with Crippen LogP contribution in [0.15, 0.2) is 48.5 Å². The van der Waals surface area contributed by atoms with Gasteiger partial charge in [0.05, 0.1) is 13.2 Å². The molecule has 3 aliphatic rings. The number of carboxylic acid groups (broad SMARTS) is 1. The lowest BCUT2D eigenvalue weighted by molar-refractivity contribution is -0.154.